The molecule has 4 aromatic rings. The zero-order valence-electron chi connectivity index (χ0n) is 15.9. The molecule has 0 saturated heterocycles. The number of thiophene rings is 1. The van der Waals surface area contributed by atoms with E-state index in [4.69, 9.17) is 0 Å². The fourth-order valence-electron chi connectivity index (χ4n) is 3.15. The molecule has 0 atom stereocenters. The molecule has 8 nitrogen and oxygen atoms in total. The molecule has 1 amide bonds. The first kappa shape index (κ1) is 19.2. The molecule has 1 aromatic carbocycles. The van der Waals surface area contributed by atoms with Crippen LogP contribution in [0.15, 0.2) is 29.6 Å². The zero-order chi connectivity index (χ0) is 20.7. The topological polar surface area (TPSA) is 103 Å². The van der Waals surface area contributed by atoms with E-state index < -0.39 is 4.92 Å². The van der Waals surface area contributed by atoms with E-state index in [0.717, 1.165) is 21.3 Å². The van der Waals surface area contributed by atoms with Crippen molar-refractivity contribution in [2.75, 3.05) is 5.32 Å². The standard InChI is InChI=1S/C19H17N5O3S2/c1-10-5-4-6-14-16(10)20-19(29-14)21-18(25)15-7-13(9-28-15)8-23-12(3)17(24(26)27)11(2)22-23/h4-7,9H,8H2,1-3H3,(H,20,21,25). The Morgan fingerprint density at radius 2 is 2.10 bits per heavy atom. The number of benzene rings is 1. The summed E-state index contributed by atoms with van der Waals surface area (Å²) in [6.07, 6.45) is 0. The van der Waals surface area contributed by atoms with E-state index in [1.54, 1.807) is 24.6 Å². The highest BCUT2D eigenvalue weighted by Gasteiger charge is 2.22. The van der Waals surface area contributed by atoms with Crippen molar-refractivity contribution in [2.45, 2.75) is 27.3 Å². The van der Waals surface area contributed by atoms with Gasteiger partial charge in [-0.05, 0) is 49.4 Å². The summed E-state index contributed by atoms with van der Waals surface area (Å²) < 4.78 is 2.62. The Kier molecular flexibility index (Phi) is 4.89. The fraction of sp³-hybridized carbons (Fsp3) is 0.211. The molecule has 29 heavy (non-hydrogen) atoms. The van der Waals surface area contributed by atoms with Crippen molar-refractivity contribution in [3.63, 3.8) is 0 Å². The van der Waals surface area contributed by atoms with Crippen LogP contribution >= 0.6 is 22.7 Å². The van der Waals surface area contributed by atoms with Gasteiger partial charge in [0.2, 0.25) is 0 Å². The maximum Gasteiger partial charge on any atom is 0.312 e. The van der Waals surface area contributed by atoms with Crippen molar-refractivity contribution in [2.24, 2.45) is 0 Å². The lowest BCUT2D eigenvalue weighted by atomic mass is 10.2. The van der Waals surface area contributed by atoms with Gasteiger partial charge in [0.25, 0.3) is 5.91 Å². The van der Waals surface area contributed by atoms with Gasteiger partial charge < -0.3 is 0 Å². The minimum Gasteiger partial charge on any atom is -0.297 e. The lowest BCUT2D eigenvalue weighted by Gasteiger charge is -2.01. The number of amides is 1. The van der Waals surface area contributed by atoms with E-state index in [1.807, 2.05) is 30.5 Å². The number of aryl methyl sites for hydroxylation is 2. The fourth-order valence-corrected chi connectivity index (χ4v) is 4.89. The van der Waals surface area contributed by atoms with E-state index in [0.29, 0.717) is 27.9 Å². The minimum absolute atomic E-state index is 0.0318. The van der Waals surface area contributed by atoms with E-state index in [1.165, 1.54) is 22.7 Å². The van der Waals surface area contributed by atoms with Crippen LogP contribution in [0.3, 0.4) is 0 Å². The van der Waals surface area contributed by atoms with Crippen LogP contribution in [0.2, 0.25) is 0 Å². The molecule has 10 heteroatoms. The van der Waals surface area contributed by atoms with Crippen molar-refractivity contribution in [3.8, 4) is 0 Å². The van der Waals surface area contributed by atoms with E-state index in [-0.39, 0.29) is 11.6 Å². The Hall–Kier alpha value is -3.11. The summed E-state index contributed by atoms with van der Waals surface area (Å²) in [4.78, 5) is 28.4. The molecule has 0 aliphatic heterocycles. The summed E-state index contributed by atoms with van der Waals surface area (Å²) in [5, 5.41) is 20.7. The van der Waals surface area contributed by atoms with Crippen LogP contribution in [0.5, 0.6) is 0 Å². The third-order valence-electron chi connectivity index (χ3n) is 4.58. The normalized spacial score (nSPS) is 11.1. The lowest BCUT2D eigenvalue weighted by molar-refractivity contribution is -0.386. The zero-order valence-corrected chi connectivity index (χ0v) is 17.6. The average Bonchev–Trinajstić information content (AvgIpc) is 3.34. The molecule has 0 saturated carbocycles. The first-order chi connectivity index (χ1) is 13.8. The molecule has 148 valence electrons. The van der Waals surface area contributed by atoms with Crippen LogP contribution in [-0.2, 0) is 6.54 Å². The second-order valence-corrected chi connectivity index (χ2v) is 8.59. The molecule has 0 radical (unpaired) electrons. The minimum atomic E-state index is -0.416. The van der Waals surface area contributed by atoms with Crippen molar-refractivity contribution in [1.82, 2.24) is 14.8 Å². The smallest absolute Gasteiger partial charge is 0.297 e. The quantitative estimate of drug-likeness (QED) is 0.368. The second-order valence-electron chi connectivity index (χ2n) is 6.65. The molecule has 3 heterocycles. The Morgan fingerprint density at radius 3 is 2.79 bits per heavy atom. The predicted octanol–water partition coefficient (Wildman–Crippen LogP) is 4.69. The molecular weight excluding hydrogens is 410 g/mol. The molecule has 0 aliphatic carbocycles. The highest BCUT2D eigenvalue weighted by atomic mass is 32.1. The van der Waals surface area contributed by atoms with Gasteiger partial charge >= 0.3 is 5.69 Å². The van der Waals surface area contributed by atoms with E-state index >= 15 is 0 Å². The van der Waals surface area contributed by atoms with Gasteiger partial charge in [-0.15, -0.1) is 11.3 Å². The van der Waals surface area contributed by atoms with Crippen LogP contribution in [0.25, 0.3) is 10.2 Å². The Balaban J connectivity index is 1.51. The second kappa shape index (κ2) is 7.37. The molecule has 0 unspecified atom stereocenters. The number of hydrogen-bond acceptors (Lipinski definition) is 7. The highest BCUT2D eigenvalue weighted by Crippen LogP contribution is 2.29. The number of fused-ring (bicyclic) bond motifs is 1. The number of hydrogen-bond donors (Lipinski definition) is 1. The monoisotopic (exact) mass is 427 g/mol. The van der Waals surface area contributed by atoms with Gasteiger partial charge in [-0.1, -0.05) is 23.5 Å². The highest BCUT2D eigenvalue weighted by molar-refractivity contribution is 7.22. The van der Waals surface area contributed by atoms with Crippen molar-refractivity contribution in [3.05, 3.63) is 67.2 Å². The van der Waals surface area contributed by atoms with Crippen LogP contribution < -0.4 is 5.32 Å². The van der Waals surface area contributed by atoms with Gasteiger partial charge in [0, 0.05) is 0 Å². The predicted molar refractivity (Wildman–Crippen MR) is 114 cm³/mol. The maximum atomic E-state index is 12.6. The number of nitrogens with zero attached hydrogens (tertiary/aromatic N) is 4. The Bertz CT molecular complexity index is 1250. The first-order valence-electron chi connectivity index (χ1n) is 8.77. The van der Waals surface area contributed by atoms with E-state index in [9.17, 15) is 14.9 Å². The number of rotatable bonds is 5. The van der Waals surface area contributed by atoms with Gasteiger partial charge in [0.15, 0.2) is 5.13 Å². The third-order valence-corrected chi connectivity index (χ3v) is 6.49. The SMILES string of the molecule is Cc1nn(Cc2csc(C(=O)Nc3nc4c(C)cccc4s3)c2)c(C)c1[N+](=O)[O-]. The molecule has 0 spiro atoms. The summed E-state index contributed by atoms with van der Waals surface area (Å²) in [5.41, 5.74) is 3.73. The molecule has 4 rings (SSSR count). The third kappa shape index (κ3) is 3.64. The largest absolute Gasteiger partial charge is 0.312 e. The summed E-state index contributed by atoms with van der Waals surface area (Å²) >= 11 is 2.76. The molecule has 3 aromatic heterocycles. The Labute approximate surface area is 174 Å². The van der Waals surface area contributed by atoms with Crippen molar-refractivity contribution >= 4 is 49.6 Å². The van der Waals surface area contributed by atoms with Gasteiger partial charge in [-0.2, -0.15) is 5.10 Å². The number of anilines is 1. The van der Waals surface area contributed by atoms with Gasteiger partial charge in [-0.25, -0.2) is 4.98 Å². The van der Waals surface area contributed by atoms with Crippen LogP contribution in [0.1, 0.15) is 32.2 Å². The van der Waals surface area contributed by atoms with Crippen LogP contribution in [0.4, 0.5) is 10.8 Å². The number of aromatic nitrogens is 3. The number of para-hydroxylation sites is 1. The van der Waals surface area contributed by atoms with Gasteiger partial charge in [0.05, 0.1) is 26.6 Å². The average molecular weight is 428 g/mol. The van der Waals surface area contributed by atoms with Crippen LogP contribution in [-0.4, -0.2) is 25.6 Å². The molecule has 0 bridgehead atoms. The number of thiazole rings is 1. The lowest BCUT2D eigenvalue weighted by Crippen LogP contribution is -2.10. The number of carbonyl (C=O) groups is 1. The number of nitro groups is 1. The maximum absolute atomic E-state index is 12.6. The molecular formula is C19H17N5O3S2. The molecule has 0 aliphatic rings. The summed E-state index contributed by atoms with van der Waals surface area (Å²) in [6.45, 7) is 5.65. The number of nitrogens with one attached hydrogen (secondary N) is 1. The first-order valence-corrected chi connectivity index (χ1v) is 10.5. The summed E-state index contributed by atoms with van der Waals surface area (Å²) in [6, 6.07) is 7.71. The van der Waals surface area contributed by atoms with Crippen molar-refractivity contribution < 1.29 is 9.72 Å². The Morgan fingerprint density at radius 1 is 1.31 bits per heavy atom. The van der Waals surface area contributed by atoms with Gasteiger partial charge in [-0.3, -0.25) is 24.9 Å². The number of carbonyl (C=O) groups excluding carboxylic acids is 1. The summed E-state index contributed by atoms with van der Waals surface area (Å²) in [7, 11) is 0. The van der Waals surface area contributed by atoms with E-state index in [2.05, 4.69) is 15.4 Å². The summed E-state index contributed by atoms with van der Waals surface area (Å²) in [5.74, 6) is -0.225. The van der Waals surface area contributed by atoms with Gasteiger partial charge in [0.1, 0.15) is 11.4 Å². The van der Waals surface area contributed by atoms with Crippen LogP contribution in [0, 0.1) is 30.9 Å². The van der Waals surface area contributed by atoms with Crippen molar-refractivity contribution in [1.29, 1.82) is 0 Å². The molecule has 0 fully saturated rings. The molecule has 1 N–H and O–H groups in total.